The maximum atomic E-state index is 12.2. The zero-order valence-electron chi connectivity index (χ0n) is 16.1. The summed E-state index contributed by atoms with van der Waals surface area (Å²) < 4.78 is 8.69. The largest absolute Gasteiger partial charge is 0.497 e. The summed E-state index contributed by atoms with van der Waals surface area (Å²) in [6.45, 7) is 2.11. The fourth-order valence-corrected chi connectivity index (χ4v) is 2.90. The van der Waals surface area contributed by atoms with Crippen LogP contribution in [0.5, 0.6) is 11.5 Å². The normalized spacial score (nSPS) is 12.1. The van der Waals surface area contributed by atoms with Gasteiger partial charge in [-0.1, -0.05) is 61.0 Å². The Bertz CT molecular complexity index is 657. The summed E-state index contributed by atoms with van der Waals surface area (Å²) in [6.07, 6.45) is 3.26. The van der Waals surface area contributed by atoms with E-state index in [1.807, 2.05) is 0 Å². The first kappa shape index (κ1) is 24.9. The average Bonchev–Trinajstić information content (AvgIpc) is 2.63. The fraction of sp³-hybridized carbons (Fsp3) is 0.556. The number of rotatable bonds is 10. The number of thiocarbonyl (C=S) groups is 1. The number of methoxy groups -OCH3 is 2. The summed E-state index contributed by atoms with van der Waals surface area (Å²) in [5, 5.41) is 8.60. The molecule has 0 aliphatic heterocycles. The van der Waals surface area contributed by atoms with Gasteiger partial charge in [-0.2, -0.15) is 0 Å². The molecular weight excluding hydrogens is 445 g/mol. The van der Waals surface area contributed by atoms with Crippen LogP contribution in [0.1, 0.15) is 39.0 Å². The number of amides is 1. The van der Waals surface area contributed by atoms with Crippen LogP contribution in [-0.4, -0.2) is 35.2 Å². The molecule has 0 fully saturated rings. The number of carbonyl (C=O) groups excluding carboxylic acids is 1. The highest BCUT2D eigenvalue weighted by atomic mass is 35.6. The first-order chi connectivity index (χ1) is 13.2. The van der Waals surface area contributed by atoms with Gasteiger partial charge in [-0.15, -0.1) is 0 Å². The molecule has 0 heterocycles. The van der Waals surface area contributed by atoms with Crippen molar-refractivity contribution in [2.45, 2.75) is 49.0 Å². The summed E-state index contributed by atoms with van der Waals surface area (Å²) in [5.41, 5.74) is 0.563. The molecule has 0 aromatic heterocycles. The lowest BCUT2D eigenvalue weighted by atomic mass is 10.1. The lowest BCUT2D eigenvalue weighted by Gasteiger charge is -2.28. The molecule has 10 heteroatoms. The van der Waals surface area contributed by atoms with Crippen LogP contribution in [-0.2, 0) is 4.79 Å². The number of anilines is 1. The van der Waals surface area contributed by atoms with Crippen molar-refractivity contribution in [2.24, 2.45) is 0 Å². The number of hydrogen-bond donors (Lipinski definition) is 3. The molecule has 158 valence electrons. The molecule has 0 saturated carbocycles. The van der Waals surface area contributed by atoms with Gasteiger partial charge in [0, 0.05) is 12.5 Å². The summed E-state index contributed by atoms with van der Waals surface area (Å²) in [5.74, 6) is 0.946. The van der Waals surface area contributed by atoms with Crippen molar-refractivity contribution in [1.29, 1.82) is 0 Å². The molecule has 0 bridgehead atoms. The summed E-state index contributed by atoms with van der Waals surface area (Å²) in [6, 6.07) is 5.20. The number of carbonyl (C=O) groups is 1. The van der Waals surface area contributed by atoms with E-state index in [0.29, 0.717) is 23.6 Å². The smallest absolute Gasteiger partial charge is 0.228 e. The first-order valence-electron chi connectivity index (χ1n) is 8.86. The predicted molar refractivity (Wildman–Crippen MR) is 120 cm³/mol. The standard InChI is InChI=1S/C18H26Cl3N3O3S/c1-4-5-6-7-8-15(25)23-16(18(19,20)21)24-17(28)22-13-11-12(26-2)9-10-14(13)27-3/h9-11,16H,4-8H2,1-3H3,(H,23,25)(H2,22,24,28)/t16-/m0/s1. The van der Waals surface area contributed by atoms with Crippen LogP contribution in [0.2, 0.25) is 0 Å². The number of hydrogen-bond acceptors (Lipinski definition) is 4. The lowest BCUT2D eigenvalue weighted by Crippen LogP contribution is -2.56. The molecule has 1 aromatic carbocycles. The fourth-order valence-electron chi connectivity index (χ4n) is 2.35. The van der Waals surface area contributed by atoms with E-state index in [4.69, 9.17) is 56.5 Å². The SMILES string of the molecule is CCCCCCC(=O)N[C@@H](NC(=S)Nc1cc(OC)ccc1OC)C(Cl)(Cl)Cl. The Morgan fingerprint density at radius 1 is 1.14 bits per heavy atom. The van der Waals surface area contributed by atoms with Crippen molar-refractivity contribution in [3.05, 3.63) is 18.2 Å². The molecule has 0 spiro atoms. The van der Waals surface area contributed by atoms with Crippen LogP contribution in [0.25, 0.3) is 0 Å². The van der Waals surface area contributed by atoms with Crippen LogP contribution in [0, 0.1) is 0 Å². The first-order valence-corrected chi connectivity index (χ1v) is 10.4. The average molecular weight is 471 g/mol. The third-order valence-electron chi connectivity index (χ3n) is 3.82. The molecule has 1 rings (SSSR count). The Balaban J connectivity index is 2.74. The van der Waals surface area contributed by atoms with Gasteiger partial charge >= 0.3 is 0 Å². The van der Waals surface area contributed by atoms with Crippen molar-refractivity contribution in [3.63, 3.8) is 0 Å². The number of alkyl halides is 3. The molecule has 1 amide bonds. The minimum absolute atomic E-state index is 0.147. The molecular formula is C18H26Cl3N3O3S. The quantitative estimate of drug-likeness (QED) is 0.198. The number of unbranched alkanes of at least 4 members (excludes halogenated alkanes) is 3. The van der Waals surface area contributed by atoms with E-state index in [1.54, 1.807) is 25.3 Å². The molecule has 0 aliphatic rings. The molecule has 1 atom stereocenters. The minimum Gasteiger partial charge on any atom is -0.497 e. The van der Waals surface area contributed by atoms with Gasteiger partial charge in [-0.3, -0.25) is 4.79 Å². The minimum atomic E-state index is -1.80. The van der Waals surface area contributed by atoms with Gasteiger partial charge < -0.3 is 25.4 Å². The van der Waals surface area contributed by atoms with Crippen molar-refractivity contribution in [1.82, 2.24) is 10.6 Å². The van der Waals surface area contributed by atoms with Crippen molar-refractivity contribution < 1.29 is 14.3 Å². The molecule has 0 aliphatic carbocycles. The van der Waals surface area contributed by atoms with Crippen LogP contribution >= 0.6 is 47.0 Å². The third kappa shape index (κ3) is 8.90. The molecule has 0 saturated heterocycles. The van der Waals surface area contributed by atoms with E-state index in [2.05, 4.69) is 22.9 Å². The molecule has 0 unspecified atom stereocenters. The Labute approximate surface area is 186 Å². The molecule has 3 N–H and O–H groups in total. The van der Waals surface area contributed by atoms with Crippen LogP contribution in [0.3, 0.4) is 0 Å². The zero-order chi connectivity index (χ0) is 21.2. The highest BCUT2D eigenvalue weighted by Crippen LogP contribution is 2.31. The van der Waals surface area contributed by atoms with Gasteiger partial charge in [0.2, 0.25) is 9.70 Å². The van der Waals surface area contributed by atoms with Crippen LogP contribution in [0.15, 0.2) is 18.2 Å². The number of benzene rings is 1. The molecule has 6 nitrogen and oxygen atoms in total. The number of nitrogens with one attached hydrogen (secondary N) is 3. The third-order valence-corrected chi connectivity index (χ3v) is 4.69. The molecule has 0 radical (unpaired) electrons. The van der Waals surface area contributed by atoms with E-state index in [1.165, 1.54) is 7.11 Å². The Hall–Kier alpha value is -1.15. The topological polar surface area (TPSA) is 71.6 Å². The maximum Gasteiger partial charge on any atom is 0.228 e. The van der Waals surface area contributed by atoms with Gasteiger partial charge in [-0.05, 0) is 30.8 Å². The van der Waals surface area contributed by atoms with E-state index in [-0.39, 0.29) is 11.0 Å². The second-order valence-electron chi connectivity index (χ2n) is 6.02. The second-order valence-corrected chi connectivity index (χ2v) is 8.79. The summed E-state index contributed by atoms with van der Waals surface area (Å²) >= 11 is 23.3. The number of halogens is 3. The summed E-state index contributed by atoms with van der Waals surface area (Å²) in [7, 11) is 3.09. The Kier molecular flexibility index (Phi) is 11.0. The van der Waals surface area contributed by atoms with Gasteiger partial charge in [0.1, 0.15) is 17.7 Å². The van der Waals surface area contributed by atoms with Gasteiger partial charge in [0.25, 0.3) is 0 Å². The van der Waals surface area contributed by atoms with Crippen molar-refractivity contribution in [2.75, 3.05) is 19.5 Å². The van der Waals surface area contributed by atoms with E-state index in [9.17, 15) is 4.79 Å². The van der Waals surface area contributed by atoms with Crippen LogP contribution in [0.4, 0.5) is 5.69 Å². The maximum absolute atomic E-state index is 12.2. The van der Waals surface area contributed by atoms with Gasteiger partial charge in [0.15, 0.2) is 5.11 Å². The van der Waals surface area contributed by atoms with Gasteiger partial charge in [0.05, 0.1) is 19.9 Å². The predicted octanol–water partition coefficient (Wildman–Crippen LogP) is 4.77. The molecule has 1 aromatic rings. The number of ether oxygens (including phenoxy) is 2. The van der Waals surface area contributed by atoms with Crippen LogP contribution < -0.4 is 25.4 Å². The zero-order valence-corrected chi connectivity index (χ0v) is 19.2. The van der Waals surface area contributed by atoms with E-state index in [0.717, 1.165) is 25.7 Å². The van der Waals surface area contributed by atoms with E-state index < -0.39 is 9.96 Å². The second kappa shape index (κ2) is 12.4. The van der Waals surface area contributed by atoms with Crippen molar-refractivity contribution >= 4 is 63.7 Å². The van der Waals surface area contributed by atoms with Gasteiger partial charge in [-0.25, -0.2) is 0 Å². The lowest BCUT2D eigenvalue weighted by molar-refractivity contribution is -0.122. The highest BCUT2D eigenvalue weighted by Gasteiger charge is 2.34. The Morgan fingerprint density at radius 3 is 2.43 bits per heavy atom. The highest BCUT2D eigenvalue weighted by molar-refractivity contribution is 7.80. The monoisotopic (exact) mass is 469 g/mol. The molecule has 28 heavy (non-hydrogen) atoms. The Morgan fingerprint density at radius 2 is 1.86 bits per heavy atom. The van der Waals surface area contributed by atoms with Crippen molar-refractivity contribution in [3.8, 4) is 11.5 Å². The summed E-state index contributed by atoms with van der Waals surface area (Å²) in [4.78, 5) is 12.2. The van der Waals surface area contributed by atoms with E-state index >= 15 is 0 Å².